The molecule has 4 heteroatoms. The zero-order valence-electron chi connectivity index (χ0n) is 6.10. The van der Waals surface area contributed by atoms with Crippen molar-refractivity contribution in [3.63, 3.8) is 0 Å². The number of ether oxygens (including phenoxy) is 1. The standard InChI is InChI=1S/C8H6O3S/c9-7-5-3-1-2-4(11-3)6(5)8(10)12-7/h1-6H/t3-,4+,5-,6+. The Balaban J connectivity index is 2.08. The zero-order chi connectivity index (χ0) is 8.29. The summed E-state index contributed by atoms with van der Waals surface area (Å²) in [6.45, 7) is 0. The van der Waals surface area contributed by atoms with Gasteiger partial charge in [-0.05, 0) is 11.8 Å². The van der Waals surface area contributed by atoms with E-state index in [4.69, 9.17) is 4.74 Å². The lowest BCUT2D eigenvalue weighted by Crippen LogP contribution is -2.26. The monoisotopic (exact) mass is 182 g/mol. The Morgan fingerprint density at radius 2 is 1.58 bits per heavy atom. The van der Waals surface area contributed by atoms with Crippen molar-refractivity contribution in [1.29, 1.82) is 0 Å². The third-order valence-corrected chi connectivity index (χ3v) is 3.59. The van der Waals surface area contributed by atoms with Crippen molar-refractivity contribution in [2.24, 2.45) is 11.8 Å². The SMILES string of the molecule is O=C1SC(=O)[C@H]2[C@@H]1[C@@H]1C=C[C@H]2O1. The van der Waals surface area contributed by atoms with E-state index in [0.29, 0.717) is 0 Å². The molecule has 0 radical (unpaired) electrons. The molecule has 0 aromatic carbocycles. The Morgan fingerprint density at radius 1 is 1.08 bits per heavy atom. The summed E-state index contributed by atoms with van der Waals surface area (Å²) < 4.78 is 5.41. The minimum absolute atomic E-state index is 0.0122. The normalized spacial score (nSPS) is 49.0. The van der Waals surface area contributed by atoms with Gasteiger partial charge in [0.25, 0.3) is 0 Å². The van der Waals surface area contributed by atoms with Crippen LogP contribution < -0.4 is 0 Å². The van der Waals surface area contributed by atoms with Crippen molar-refractivity contribution >= 4 is 22.0 Å². The van der Waals surface area contributed by atoms with Crippen molar-refractivity contribution in [2.45, 2.75) is 12.2 Å². The molecule has 4 atom stereocenters. The topological polar surface area (TPSA) is 43.4 Å². The van der Waals surface area contributed by atoms with Gasteiger partial charge in [0.2, 0.25) is 10.2 Å². The van der Waals surface area contributed by atoms with Gasteiger partial charge in [0.05, 0.1) is 24.0 Å². The van der Waals surface area contributed by atoms with Gasteiger partial charge in [-0.2, -0.15) is 0 Å². The van der Waals surface area contributed by atoms with E-state index >= 15 is 0 Å². The first-order valence-corrected chi connectivity index (χ1v) is 4.68. The Kier molecular flexibility index (Phi) is 1.14. The van der Waals surface area contributed by atoms with Crippen LogP contribution in [0.5, 0.6) is 0 Å². The van der Waals surface area contributed by atoms with Crippen molar-refractivity contribution in [3.05, 3.63) is 12.2 Å². The van der Waals surface area contributed by atoms with Crippen LogP contribution in [0.2, 0.25) is 0 Å². The minimum atomic E-state index is -0.183. The van der Waals surface area contributed by atoms with Crippen LogP contribution in [0.25, 0.3) is 0 Å². The van der Waals surface area contributed by atoms with Crippen LogP contribution >= 0.6 is 11.8 Å². The molecule has 0 aliphatic carbocycles. The van der Waals surface area contributed by atoms with Gasteiger partial charge in [0.1, 0.15) is 0 Å². The summed E-state index contributed by atoms with van der Waals surface area (Å²) >= 11 is 0.862. The second-order valence-corrected chi connectivity index (χ2v) is 4.25. The Morgan fingerprint density at radius 3 is 2.08 bits per heavy atom. The fourth-order valence-corrected chi connectivity index (χ4v) is 3.14. The van der Waals surface area contributed by atoms with Gasteiger partial charge in [0, 0.05) is 0 Å². The smallest absolute Gasteiger partial charge is 0.203 e. The zero-order valence-corrected chi connectivity index (χ0v) is 6.91. The fourth-order valence-electron chi connectivity index (χ4n) is 2.11. The highest BCUT2D eigenvalue weighted by atomic mass is 32.2. The lowest BCUT2D eigenvalue weighted by atomic mass is 9.85. The molecule has 2 saturated heterocycles. The van der Waals surface area contributed by atoms with Crippen molar-refractivity contribution in [2.75, 3.05) is 0 Å². The van der Waals surface area contributed by atoms with Gasteiger partial charge in [-0.25, -0.2) is 0 Å². The van der Waals surface area contributed by atoms with Crippen molar-refractivity contribution in [3.8, 4) is 0 Å². The lowest BCUT2D eigenvalue weighted by Gasteiger charge is -2.11. The largest absolute Gasteiger partial charge is 0.365 e. The fraction of sp³-hybridized carbons (Fsp3) is 0.500. The van der Waals surface area contributed by atoms with E-state index in [1.165, 1.54) is 0 Å². The summed E-state index contributed by atoms with van der Waals surface area (Å²) in [5, 5.41) is -0.0244. The van der Waals surface area contributed by atoms with Crippen molar-refractivity contribution < 1.29 is 14.3 Å². The van der Waals surface area contributed by atoms with Gasteiger partial charge in [-0.3, -0.25) is 9.59 Å². The molecule has 3 rings (SSSR count). The molecule has 12 heavy (non-hydrogen) atoms. The molecule has 3 aliphatic rings. The van der Waals surface area contributed by atoms with Crippen LogP contribution in [0.15, 0.2) is 12.2 Å². The molecule has 0 aromatic heterocycles. The van der Waals surface area contributed by atoms with E-state index in [0.717, 1.165) is 11.8 Å². The molecule has 0 N–H and O–H groups in total. The predicted octanol–water partition coefficient (Wildman–Crippen LogP) is 0.356. The average Bonchev–Trinajstić information content (AvgIpc) is 2.64. The van der Waals surface area contributed by atoms with Crippen LogP contribution in [0.3, 0.4) is 0 Å². The highest BCUT2D eigenvalue weighted by Crippen LogP contribution is 2.48. The van der Waals surface area contributed by atoms with E-state index in [1.807, 2.05) is 12.2 Å². The molecule has 3 heterocycles. The quantitative estimate of drug-likeness (QED) is 0.507. The van der Waals surface area contributed by atoms with Gasteiger partial charge in [0.15, 0.2) is 0 Å². The van der Waals surface area contributed by atoms with E-state index < -0.39 is 0 Å². The number of fused-ring (bicyclic) bond motifs is 5. The number of hydrogen-bond donors (Lipinski definition) is 0. The third-order valence-electron chi connectivity index (χ3n) is 2.65. The first kappa shape index (κ1) is 6.86. The molecular weight excluding hydrogens is 176 g/mol. The van der Waals surface area contributed by atoms with E-state index in [2.05, 4.69) is 0 Å². The highest BCUT2D eigenvalue weighted by molar-refractivity contribution is 8.26. The molecule has 62 valence electrons. The maximum Gasteiger partial charge on any atom is 0.203 e. The van der Waals surface area contributed by atoms with Crippen LogP contribution in [0, 0.1) is 11.8 Å². The van der Waals surface area contributed by atoms with Gasteiger partial charge in [-0.15, -0.1) is 0 Å². The maximum atomic E-state index is 11.3. The highest BCUT2D eigenvalue weighted by Gasteiger charge is 2.57. The second kappa shape index (κ2) is 2.00. The number of rotatable bonds is 0. The summed E-state index contributed by atoms with van der Waals surface area (Å²) in [6.07, 6.45) is 3.55. The van der Waals surface area contributed by atoms with E-state index in [1.54, 1.807) is 0 Å². The molecule has 0 unspecified atom stereocenters. The molecule has 0 spiro atoms. The second-order valence-electron chi connectivity index (χ2n) is 3.24. The van der Waals surface area contributed by atoms with Gasteiger partial charge < -0.3 is 4.74 Å². The minimum Gasteiger partial charge on any atom is -0.365 e. The molecule has 2 fully saturated rings. The number of carbonyl (C=O) groups excluding carboxylic acids is 2. The number of thioether (sulfide) groups is 1. The van der Waals surface area contributed by atoms with E-state index in [-0.39, 0.29) is 34.3 Å². The Hall–Kier alpha value is -0.610. The molecule has 0 aromatic rings. The lowest BCUT2D eigenvalue weighted by molar-refractivity contribution is -0.118. The summed E-state index contributed by atoms with van der Waals surface area (Å²) in [7, 11) is 0. The number of carbonyl (C=O) groups is 2. The van der Waals surface area contributed by atoms with Crippen LogP contribution in [0.4, 0.5) is 0 Å². The van der Waals surface area contributed by atoms with Crippen LogP contribution in [0.1, 0.15) is 0 Å². The molecular formula is C8H6O3S. The van der Waals surface area contributed by atoms with Gasteiger partial charge >= 0.3 is 0 Å². The Bertz CT molecular complexity index is 281. The summed E-state index contributed by atoms with van der Waals surface area (Å²) in [4.78, 5) is 22.6. The molecule has 0 amide bonds. The van der Waals surface area contributed by atoms with E-state index in [9.17, 15) is 9.59 Å². The maximum absolute atomic E-state index is 11.3. The summed E-state index contributed by atoms with van der Waals surface area (Å²) in [6, 6.07) is 0. The van der Waals surface area contributed by atoms with Gasteiger partial charge in [-0.1, -0.05) is 12.2 Å². The first-order valence-electron chi connectivity index (χ1n) is 3.87. The number of hydrogen-bond acceptors (Lipinski definition) is 4. The summed E-state index contributed by atoms with van der Waals surface area (Å²) in [5.74, 6) is -0.366. The van der Waals surface area contributed by atoms with Crippen LogP contribution in [-0.2, 0) is 14.3 Å². The molecule has 2 bridgehead atoms. The van der Waals surface area contributed by atoms with Crippen LogP contribution in [-0.4, -0.2) is 22.4 Å². The third kappa shape index (κ3) is 0.630. The Labute approximate surface area is 73.1 Å². The molecule has 3 aliphatic heterocycles. The van der Waals surface area contributed by atoms with Crippen molar-refractivity contribution in [1.82, 2.24) is 0 Å². The predicted molar refractivity (Wildman–Crippen MR) is 42.4 cm³/mol. The summed E-state index contributed by atoms with van der Waals surface area (Å²) in [5.41, 5.74) is 0. The molecule has 0 saturated carbocycles. The molecule has 3 nitrogen and oxygen atoms in total. The average molecular weight is 182 g/mol. The first-order chi connectivity index (χ1) is 5.77.